The molecule has 2 rings (SSSR count). The third-order valence-electron chi connectivity index (χ3n) is 3.05. The summed E-state index contributed by atoms with van der Waals surface area (Å²) in [5.74, 6) is 0. The fourth-order valence-electron chi connectivity index (χ4n) is 1.71. The molecule has 0 radical (unpaired) electrons. The lowest BCUT2D eigenvalue weighted by atomic mass is 10.2. The van der Waals surface area contributed by atoms with Crippen molar-refractivity contribution in [3.05, 3.63) is 32.7 Å². The Labute approximate surface area is 108 Å². The zero-order valence-corrected chi connectivity index (χ0v) is 12.2. The van der Waals surface area contributed by atoms with Crippen LogP contribution in [0.15, 0.2) is 27.1 Å². The highest BCUT2D eigenvalue weighted by molar-refractivity contribution is 9.13. The zero-order valence-electron chi connectivity index (χ0n) is 8.98. The van der Waals surface area contributed by atoms with Crippen LogP contribution in [0.2, 0.25) is 0 Å². The van der Waals surface area contributed by atoms with Crippen molar-refractivity contribution in [3.8, 4) is 0 Å². The summed E-state index contributed by atoms with van der Waals surface area (Å²) in [6, 6.07) is 7.09. The van der Waals surface area contributed by atoms with E-state index in [0.29, 0.717) is 11.5 Å². The minimum atomic E-state index is 0.507. The Balaban J connectivity index is 1.92. The van der Waals surface area contributed by atoms with E-state index in [2.05, 4.69) is 69.2 Å². The molecule has 1 nitrogen and oxygen atoms in total. The summed E-state index contributed by atoms with van der Waals surface area (Å²) >= 11 is 6.99. The van der Waals surface area contributed by atoms with Crippen molar-refractivity contribution in [3.63, 3.8) is 0 Å². The Kier molecular flexibility index (Phi) is 3.25. The first kappa shape index (κ1) is 11.6. The molecule has 0 saturated heterocycles. The third kappa shape index (κ3) is 2.83. The predicted octanol–water partition coefficient (Wildman–Crippen LogP) is 4.10. The zero-order chi connectivity index (χ0) is 11.1. The minimum absolute atomic E-state index is 0.507. The first-order valence-electron chi connectivity index (χ1n) is 5.16. The molecule has 1 aliphatic rings. The summed E-state index contributed by atoms with van der Waals surface area (Å²) in [6.45, 7) is 5.57. The van der Waals surface area contributed by atoms with Crippen molar-refractivity contribution in [2.45, 2.75) is 32.9 Å². The second kappa shape index (κ2) is 4.19. The van der Waals surface area contributed by atoms with Gasteiger partial charge in [-0.25, -0.2) is 0 Å². The molecule has 0 heterocycles. The topological polar surface area (TPSA) is 12.0 Å². The standard InChI is InChI=1S/C12H15Br2N/c1-12(2)6-11(12)15-7-8-3-4-9(13)10(14)5-8/h3-5,11,15H,6-7H2,1-2H3. The van der Waals surface area contributed by atoms with Gasteiger partial charge in [-0.15, -0.1) is 0 Å². The molecule has 0 amide bonds. The van der Waals surface area contributed by atoms with Gasteiger partial charge in [0.2, 0.25) is 0 Å². The molecule has 0 bridgehead atoms. The second-order valence-corrected chi connectivity index (χ2v) is 6.58. The molecule has 0 aromatic heterocycles. The molecule has 1 saturated carbocycles. The fourth-order valence-corrected chi connectivity index (χ4v) is 2.38. The Bertz CT molecular complexity index is 374. The van der Waals surface area contributed by atoms with Crippen molar-refractivity contribution in [1.29, 1.82) is 0 Å². The van der Waals surface area contributed by atoms with Gasteiger partial charge >= 0.3 is 0 Å². The maximum Gasteiger partial charge on any atom is 0.0320 e. The summed E-state index contributed by atoms with van der Waals surface area (Å²) in [5.41, 5.74) is 1.83. The van der Waals surface area contributed by atoms with Crippen LogP contribution in [0, 0.1) is 5.41 Å². The van der Waals surface area contributed by atoms with Gasteiger partial charge in [-0.1, -0.05) is 19.9 Å². The molecule has 1 atom stereocenters. The molecule has 15 heavy (non-hydrogen) atoms. The fraction of sp³-hybridized carbons (Fsp3) is 0.500. The molecule has 3 heteroatoms. The van der Waals surface area contributed by atoms with Crippen LogP contribution in [-0.4, -0.2) is 6.04 Å². The number of benzene rings is 1. The van der Waals surface area contributed by atoms with E-state index in [1.54, 1.807) is 0 Å². The molecule has 0 aliphatic heterocycles. The highest BCUT2D eigenvalue weighted by atomic mass is 79.9. The van der Waals surface area contributed by atoms with Crippen molar-refractivity contribution in [2.75, 3.05) is 0 Å². The Morgan fingerprint density at radius 3 is 2.53 bits per heavy atom. The van der Waals surface area contributed by atoms with E-state index in [9.17, 15) is 0 Å². The summed E-state index contributed by atoms with van der Waals surface area (Å²) in [4.78, 5) is 0. The molecule has 0 spiro atoms. The number of rotatable bonds is 3. The average Bonchev–Trinajstić information content (AvgIpc) is 2.77. The molecule has 82 valence electrons. The van der Waals surface area contributed by atoms with Crippen molar-refractivity contribution < 1.29 is 0 Å². The van der Waals surface area contributed by atoms with Gasteiger partial charge in [0.05, 0.1) is 0 Å². The Morgan fingerprint density at radius 2 is 2.00 bits per heavy atom. The van der Waals surface area contributed by atoms with E-state index < -0.39 is 0 Å². The van der Waals surface area contributed by atoms with Crippen molar-refractivity contribution >= 4 is 31.9 Å². The van der Waals surface area contributed by atoms with Crippen LogP contribution in [0.5, 0.6) is 0 Å². The van der Waals surface area contributed by atoms with Crippen LogP contribution >= 0.6 is 31.9 Å². The SMILES string of the molecule is CC1(C)CC1NCc1ccc(Br)c(Br)c1. The van der Waals surface area contributed by atoms with Gasteiger partial charge in [0.1, 0.15) is 0 Å². The number of nitrogens with one attached hydrogen (secondary N) is 1. The number of halogens is 2. The lowest BCUT2D eigenvalue weighted by Gasteiger charge is -2.07. The van der Waals surface area contributed by atoms with Gasteiger partial charge in [0.15, 0.2) is 0 Å². The van der Waals surface area contributed by atoms with Gasteiger partial charge < -0.3 is 5.32 Å². The lowest BCUT2D eigenvalue weighted by Crippen LogP contribution is -2.19. The quantitative estimate of drug-likeness (QED) is 0.878. The second-order valence-electron chi connectivity index (χ2n) is 4.87. The third-order valence-corrected chi connectivity index (χ3v) is 4.93. The highest BCUT2D eigenvalue weighted by Gasteiger charge is 2.44. The summed E-state index contributed by atoms with van der Waals surface area (Å²) < 4.78 is 2.23. The van der Waals surface area contributed by atoms with Gasteiger partial charge in [0, 0.05) is 21.5 Å². The molecule has 1 aromatic carbocycles. The van der Waals surface area contributed by atoms with Crippen LogP contribution in [0.25, 0.3) is 0 Å². The maximum atomic E-state index is 3.57. The van der Waals surface area contributed by atoms with Gasteiger partial charge in [-0.05, 0) is 61.4 Å². The van der Waals surface area contributed by atoms with Gasteiger partial charge in [-0.3, -0.25) is 0 Å². The van der Waals surface area contributed by atoms with E-state index in [1.165, 1.54) is 12.0 Å². The Morgan fingerprint density at radius 1 is 1.33 bits per heavy atom. The molecule has 1 aliphatic carbocycles. The van der Waals surface area contributed by atoms with Crippen LogP contribution in [-0.2, 0) is 6.54 Å². The number of hydrogen-bond acceptors (Lipinski definition) is 1. The molecule has 1 fully saturated rings. The van der Waals surface area contributed by atoms with Crippen LogP contribution in [0.3, 0.4) is 0 Å². The normalized spacial score (nSPS) is 22.8. The maximum absolute atomic E-state index is 3.57. The summed E-state index contributed by atoms with van der Waals surface area (Å²) in [7, 11) is 0. The molecule has 1 N–H and O–H groups in total. The molecule has 1 unspecified atom stereocenters. The van der Waals surface area contributed by atoms with E-state index in [1.807, 2.05) is 0 Å². The van der Waals surface area contributed by atoms with Crippen molar-refractivity contribution in [2.24, 2.45) is 5.41 Å². The van der Waals surface area contributed by atoms with Crippen LogP contribution in [0.1, 0.15) is 25.8 Å². The first-order valence-corrected chi connectivity index (χ1v) is 6.75. The molecular formula is C12H15Br2N. The van der Waals surface area contributed by atoms with E-state index >= 15 is 0 Å². The smallest absolute Gasteiger partial charge is 0.0320 e. The van der Waals surface area contributed by atoms with Gasteiger partial charge in [0.25, 0.3) is 0 Å². The average molecular weight is 333 g/mol. The largest absolute Gasteiger partial charge is 0.309 e. The minimum Gasteiger partial charge on any atom is -0.309 e. The molecular weight excluding hydrogens is 318 g/mol. The summed E-state index contributed by atoms with van der Waals surface area (Å²) in [6.07, 6.45) is 1.30. The Hall–Kier alpha value is 0.140. The predicted molar refractivity (Wildman–Crippen MR) is 70.9 cm³/mol. The monoisotopic (exact) mass is 331 g/mol. The first-order chi connectivity index (χ1) is 6.99. The van der Waals surface area contributed by atoms with Gasteiger partial charge in [-0.2, -0.15) is 0 Å². The molecule has 1 aromatic rings. The van der Waals surface area contributed by atoms with Crippen LogP contribution in [0.4, 0.5) is 0 Å². The highest BCUT2D eigenvalue weighted by Crippen LogP contribution is 2.44. The van der Waals surface area contributed by atoms with E-state index in [0.717, 1.165) is 15.5 Å². The van der Waals surface area contributed by atoms with E-state index in [4.69, 9.17) is 0 Å². The lowest BCUT2D eigenvalue weighted by molar-refractivity contribution is 0.542. The van der Waals surface area contributed by atoms with E-state index in [-0.39, 0.29) is 0 Å². The van der Waals surface area contributed by atoms with Crippen LogP contribution < -0.4 is 5.32 Å². The number of hydrogen-bond donors (Lipinski definition) is 1. The van der Waals surface area contributed by atoms with Crippen molar-refractivity contribution in [1.82, 2.24) is 5.32 Å². The summed E-state index contributed by atoms with van der Waals surface area (Å²) in [5, 5.41) is 3.57.